The summed E-state index contributed by atoms with van der Waals surface area (Å²) in [5.74, 6) is 0.746. The Bertz CT molecular complexity index is 4320. The summed E-state index contributed by atoms with van der Waals surface area (Å²) in [7, 11) is 0. The SMILES string of the molecule is Cc1ccc2c(c1)c1ccccc1n2-c1ccccc1-c1cc(-c2cc(C)nc(C)n2)cc(-c2ccccc2-n2c3ccccc3c3cc(C)ccc32)c1-n1c2c(C)c(C)c(C)c(C)c2c2c(C)c(C)c(C)c(C)c21. The molecule has 0 atom stereocenters. The van der Waals surface area contributed by atoms with E-state index in [2.05, 4.69) is 242 Å². The topological polar surface area (TPSA) is 40.6 Å². The fraction of sp³-hybridized carbons (Fsp3) is 0.171. The van der Waals surface area contributed by atoms with E-state index in [0.717, 1.165) is 62.1 Å². The smallest absolute Gasteiger partial charge is 0.126 e. The Balaban J connectivity index is 1.30. The van der Waals surface area contributed by atoms with Gasteiger partial charge >= 0.3 is 0 Å². The van der Waals surface area contributed by atoms with Crippen molar-refractivity contribution in [2.75, 3.05) is 0 Å². The third kappa shape index (κ3) is 6.76. The molecule has 0 spiro atoms. The molecule has 0 fully saturated rings. The molecule has 0 N–H and O–H groups in total. The molecule has 0 aliphatic heterocycles. The number of nitrogens with zero attached hydrogens (tertiary/aromatic N) is 5. The third-order valence-corrected chi connectivity index (χ3v) is 17.1. The van der Waals surface area contributed by atoms with Gasteiger partial charge in [0.25, 0.3) is 0 Å². The van der Waals surface area contributed by atoms with Gasteiger partial charge in [0.2, 0.25) is 0 Å². The number of benzene rings is 9. The summed E-state index contributed by atoms with van der Waals surface area (Å²) < 4.78 is 7.71. The van der Waals surface area contributed by atoms with E-state index in [4.69, 9.17) is 9.97 Å². The van der Waals surface area contributed by atoms with Crippen LogP contribution in [0.2, 0.25) is 0 Å². The van der Waals surface area contributed by atoms with Crippen molar-refractivity contribution in [3.05, 3.63) is 219 Å². The normalized spacial score (nSPS) is 12.0. The summed E-state index contributed by atoms with van der Waals surface area (Å²) in [5.41, 5.74) is 30.9. The Kier molecular flexibility index (Phi) is 10.5. The van der Waals surface area contributed by atoms with Crippen LogP contribution in [0.4, 0.5) is 0 Å². The van der Waals surface area contributed by atoms with E-state index in [1.807, 2.05) is 6.92 Å². The summed E-state index contributed by atoms with van der Waals surface area (Å²) in [6.07, 6.45) is 0. The summed E-state index contributed by atoms with van der Waals surface area (Å²) in [5, 5.41) is 7.62. The fourth-order valence-electron chi connectivity index (χ4n) is 12.9. The lowest BCUT2D eigenvalue weighted by molar-refractivity contribution is 1.02. The van der Waals surface area contributed by atoms with Crippen molar-refractivity contribution in [3.8, 4) is 50.6 Å². The molecule has 5 nitrogen and oxygen atoms in total. The second kappa shape index (κ2) is 17.0. The Hall–Kier alpha value is -8.54. The average Bonchev–Trinajstić information content (AvgIpc) is 4.07. The van der Waals surface area contributed by atoms with E-state index in [1.54, 1.807) is 0 Å². The Labute approximate surface area is 439 Å². The predicted octanol–water partition coefficient (Wildman–Crippen LogP) is 18.5. The maximum absolute atomic E-state index is 5.26. The minimum absolute atomic E-state index is 0.746. The molecule has 4 aromatic heterocycles. The lowest BCUT2D eigenvalue weighted by atomic mass is 9.89. The Morgan fingerprint density at radius 1 is 0.320 bits per heavy atom. The predicted molar refractivity (Wildman–Crippen MR) is 318 cm³/mol. The molecule has 9 aromatic carbocycles. The van der Waals surface area contributed by atoms with Gasteiger partial charge in [-0.15, -0.1) is 0 Å². The van der Waals surface area contributed by atoms with Crippen LogP contribution in [-0.4, -0.2) is 23.7 Å². The van der Waals surface area contributed by atoms with E-state index in [9.17, 15) is 0 Å². The molecule has 75 heavy (non-hydrogen) atoms. The fourth-order valence-corrected chi connectivity index (χ4v) is 12.9. The highest BCUT2D eigenvalue weighted by Gasteiger charge is 2.30. The molecule has 0 radical (unpaired) electrons. The zero-order valence-corrected chi connectivity index (χ0v) is 45.2. The number of aromatic nitrogens is 5. The van der Waals surface area contributed by atoms with Gasteiger partial charge in [-0.05, 0) is 194 Å². The molecule has 13 aromatic rings. The maximum atomic E-state index is 5.26. The van der Waals surface area contributed by atoms with E-state index in [-0.39, 0.29) is 0 Å². The highest BCUT2D eigenvalue weighted by molar-refractivity contribution is 6.18. The number of hydrogen-bond acceptors (Lipinski definition) is 2. The Morgan fingerprint density at radius 2 is 0.733 bits per heavy atom. The molecule has 4 heterocycles. The number of aryl methyl sites for hydroxylation is 8. The highest BCUT2D eigenvalue weighted by atomic mass is 15.0. The van der Waals surface area contributed by atoms with Crippen LogP contribution < -0.4 is 0 Å². The van der Waals surface area contributed by atoms with Crippen LogP contribution in [0.25, 0.3) is 116 Å². The van der Waals surface area contributed by atoms with Crippen molar-refractivity contribution in [2.24, 2.45) is 0 Å². The Morgan fingerprint density at radius 3 is 1.20 bits per heavy atom. The van der Waals surface area contributed by atoms with Crippen molar-refractivity contribution in [2.45, 2.75) is 83.1 Å². The summed E-state index contributed by atoms with van der Waals surface area (Å²) in [4.78, 5) is 10.1. The lowest BCUT2D eigenvalue weighted by Gasteiger charge is -2.26. The summed E-state index contributed by atoms with van der Waals surface area (Å²) in [6, 6.07) is 56.8. The van der Waals surface area contributed by atoms with Crippen molar-refractivity contribution >= 4 is 65.4 Å². The van der Waals surface area contributed by atoms with Crippen LogP contribution in [0.1, 0.15) is 67.2 Å². The zero-order chi connectivity index (χ0) is 51.9. The van der Waals surface area contributed by atoms with Crippen LogP contribution in [0, 0.1) is 83.1 Å². The molecule has 0 aliphatic rings. The maximum Gasteiger partial charge on any atom is 0.126 e. The van der Waals surface area contributed by atoms with Crippen LogP contribution in [-0.2, 0) is 0 Å². The molecule has 366 valence electrons. The van der Waals surface area contributed by atoms with Gasteiger partial charge < -0.3 is 13.7 Å². The van der Waals surface area contributed by atoms with Crippen molar-refractivity contribution < 1.29 is 0 Å². The molecule has 0 aliphatic carbocycles. The van der Waals surface area contributed by atoms with Gasteiger partial charge in [-0.2, -0.15) is 0 Å². The van der Waals surface area contributed by atoms with Crippen molar-refractivity contribution in [1.82, 2.24) is 23.7 Å². The number of fused-ring (bicyclic) bond motifs is 9. The summed E-state index contributed by atoms with van der Waals surface area (Å²) in [6.45, 7) is 27.1. The quantitative estimate of drug-likeness (QED) is 0.167. The molecule has 5 heteroatoms. The van der Waals surface area contributed by atoms with E-state index >= 15 is 0 Å². The van der Waals surface area contributed by atoms with E-state index in [1.165, 1.54) is 121 Å². The monoisotopic (exact) mass is 971 g/mol. The lowest BCUT2D eigenvalue weighted by Crippen LogP contribution is -2.08. The van der Waals surface area contributed by atoms with Crippen molar-refractivity contribution in [1.29, 1.82) is 0 Å². The second-order valence-electron chi connectivity index (χ2n) is 21.4. The van der Waals surface area contributed by atoms with Crippen LogP contribution >= 0.6 is 0 Å². The first kappa shape index (κ1) is 46.3. The van der Waals surface area contributed by atoms with Gasteiger partial charge in [-0.25, -0.2) is 9.97 Å². The molecule has 0 saturated heterocycles. The third-order valence-electron chi connectivity index (χ3n) is 17.1. The van der Waals surface area contributed by atoms with E-state index in [0.29, 0.717) is 0 Å². The van der Waals surface area contributed by atoms with Gasteiger partial charge in [0.05, 0.1) is 55.9 Å². The molecular formula is C70H61N5. The van der Waals surface area contributed by atoms with Crippen LogP contribution in [0.5, 0.6) is 0 Å². The van der Waals surface area contributed by atoms with Gasteiger partial charge in [-0.3, -0.25) is 0 Å². The molecule has 13 rings (SSSR count). The number of hydrogen-bond donors (Lipinski definition) is 0. The standard InChI is InChI=1S/C70H61N5/c1-38-29-31-64-55(33-38)51-21-13-17-25-60(51)73(64)62-27-19-15-23-53(62)57-36-50(59-35-40(3)71-49(12)72-59)37-58(54-24-16-20-28-63(54)74-61-26-18-14-22-52(61)56-34-39(2)30-32-65(56)74)70(57)75-68-47(10)43(6)41(4)45(8)66(68)67-46(9)42(5)44(7)48(11)69(67)75/h13-37H,1-12H3. The number of rotatable bonds is 6. The minimum Gasteiger partial charge on any atom is -0.309 e. The number of para-hydroxylation sites is 4. The molecular weight excluding hydrogens is 911 g/mol. The molecule has 0 amide bonds. The first-order valence-corrected chi connectivity index (χ1v) is 26.4. The van der Waals surface area contributed by atoms with Crippen molar-refractivity contribution in [3.63, 3.8) is 0 Å². The molecule has 0 saturated carbocycles. The van der Waals surface area contributed by atoms with E-state index < -0.39 is 0 Å². The molecule has 0 unspecified atom stereocenters. The van der Waals surface area contributed by atoms with Crippen LogP contribution in [0.15, 0.2) is 152 Å². The highest BCUT2D eigenvalue weighted by Crippen LogP contribution is 2.51. The zero-order valence-electron chi connectivity index (χ0n) is 45.2. The van der Waals surface area contributed by atoms with Gasteiger partial charge in [0.1, 0.15) is 5.82 Å². The van der Waals surface area contributed by atoms with Gasteiger partial charge in [0.15, 0.2) is 0 Å². The first-order valence-electron chi connectivity index (χ1n) is 26.4. The molecule has 0 bridgehead atoms. The average molecular weight is 972 g/mol. The minimum atomic E-state index is 0.746. The summed E-state index contributed by atoms with van der Waals surface area (Å²) >= 11 is 0. The van der Waals surface area contributed by atoms with Crippen LogP contribution in [0.3, 0.4) is 0 Å². The second-order valence-corrected chi connectivity index (χ2v) is 21.4. The largest absolute Gasteiger partial charge is 0.309 e. The van der Waals surface area contributed by atoms with Gasteiger partial charge in [-0.1, -0.05) is 96.1 Å². The van der Waals surface area contributed by atoms with Gasteiger partial charge in [0, 0.05) is 65.8 Å². The first-order chi connectivity index (χ1) is 36.2.